The number of ether oxygens (including phenoxy) is 2. The highest BCUT2D eigenvalue weighted by atomic mass is 19.4. The molecule has 33 heavy (non-hydrogen) atoms. The van der Waals surface area contributed by atoms with E-state index < -0.39 is 12.1 Å². The van der Waals surface area contributed by atoms with Crippen LogP contribution < -0.4 is 10.1 Å². The third-order valence-corrected chi connectivity index (χ3v) is 6.42. The summed E-state index contributed by atoms with van der Waals surface area (Å²) in [7, 11) is 0. The van der Waals surface area contributed by atoms with E-state index in [2.05, 4.69) is 30.1 Å². The van der Waals surface area contributed by atoms with E-state index in [1.54, 1.807) is 0 Å². The first-order valence-electron chi connectivity index (χ1n) is 11.2. The summed E-state index contributed by atoms with van der Waals surface area (Å²) >= 11 is 0. The number of alkyl halides is 3. The van der Waals surface area contributed by atoms with E-state index in [0.29, 0.717) is 12.6 Å². The summed E-state index contributed by atoms with van der Waals surface area (Å²) in [4.78, 5) is 24.1. The van der Waals surface area contributed by atoms with Gasteiger partial charge in [-0.25, -0.2) is 4.79 Å². The quantitative estimate of drug-likeness (QED) is 0.698. The Morgan fingerprint density at radius 2 is 1.85 bits per heavy atom. The number of aliphatic carboxylic acids is 1. The number of carboxylic acids is 1. The van der Waals surface area contributed by atoms with Crippen LogP contribution in [0.3, 0.4) is 0 Å². The molecule has 184 valence electrons. The molecule has 1 spiro atoms. The minimum Gasteiger partial charge on any atom is -0.487 e. The maximum atomic E-state index is 12.7. The first-order valence-corrected chi connectivity index (χ1v) is 11.2. The molecule has 0 saturated carbocycles. The molecule has 2 saturated heterocycles. The molecule has 10 heteroatoms. The van der Waals surface area contributed by atoms with Crippen molar-refractivity contribution in [2.75, 3.05) is 19.7 Å². The predicted octanol–water partition coefficient (Wildman–Crippen LogP) is 3.68. The average Bonchev–Trinajstić information content (AvgIpc) is 3.29. The monoisotopic (exact) mass is 472 g/mol. The molecule has 0 aromatic heterocycles. The fourth-order valence-electron chi connectivity index (χ4n) is 4.55. The Kier molecular flexibility index (Phi) is 7.89. The fraction of sp³-hybridized carbons (Fsp3) is 0.652. The van der Waals surface area contributed by atoms with Gasteiger partial charge in [-0.1, -0.05) is 18.2 Å². The van der Waals surface area contributed by atoms with Crippen molar-refractivity contribution < 1.29 is 37.3 Å². The van der Waals surface area contributed by atoms with Crippen molar-refractivity contribution >= 4 is 11.9 Å². The molecular weight excluding hydrogens is 441 g/mol. The van der Waals surface area contributed by atoms with Gasteiger partial charge in [0.1, 0.15) is 17.5 Å². The molecule has 3 aliphatic rings. The fourth-order valence-corrected chi connectivity index (χ4v) is 4.55. The Hall–Kier alpha value is -2.33. The van der Waals surface area contributed by atoms with E-state index in [0.717, 1.165) is 56.5 Å². The summed E-state index contributed by atoms with van der Waals surface area (Å²) < 4.78 is 43.8. The number of halogens is 3. The number of benzene rings is 1. The maximum Gasteiger partial charge on any atom is 0.490 e. The number of rotatable bonds is 3. The Labute approximate surface area is 191 Å². The van der Waals surface area contributed by atoms with Crippen LogP contribution in [0.2, 0.25) is 0 Å². The summed E-state index contributed by atoms with van der Waals surface area (Å²) in [5.74, 6) is -1.80. The largest absolute Gasteiger partial charge is 0.490 e. The third kappa shape index (κ3) is 6.38. The molecule has 1 unspecified atom stereocenters. The lowest BCUT2D eigenvalue weighted by molar-refractivity contribution is -0.192. The van der Waals surface area contributed by atoms with Gasteiger partial charge in [-0.2, -0.15) is 13.2 Å². The summed E-state index contributed by atoms with van der Waals surface area (Å²) in [5, 5.41) is 10.4. The number of nitrogens with zero attached hydrogens (tertiary/aromatic N) is 1. The van der Waals surface area contributed by atoms with Crippen molar-refractivity contribution in [2.45, 2.75) is 75.9 Å². The first kappa shape index (κ1) is 25.3. The maximum absolute atomic E-state index is 12.7. The van der Waals surface area contributed by atoms with Crippen LogP contribution in [0, 0.1) is 0 Å². The van der Waals surface area contributed by atoms with Gasteiger partial charge in [-0.15, -0.1) is 0 Å². The Balaban J connectivity index is 0.000000383. The Bertz CT molecular complexity index is 832. The van der Waals surface area contributed by atoms with Gasteiger partial charge in [0.2, 0.25) is 5.91 Å². The number of para-hydroxylation sites is 1. The van der Waals surface area contributed by atoms with Gasteiger partial charge in [-0.05, 0) is 45.6 Å². The number of hydrogen-bond acceptors (Lipinski definition) is 5. The van der Waals surface area contributed by atoms with Crippen LogP contribution in [0.4, 0.5) is 13.2 Å². The molecule has 0 bridgehead atoms. The van der Waals surface area contributed by atoms with Crippen LogP contribution in [-0.4, -0.2) is 65.5 Å². The summed E-state index contributed by atoms with van der Waals surface area (Å²) in [6.45, 7) is 7.29. The van der Waals surface area contributed by atoms with Gasteiger partial charge in [-0.3, -0.25) is 4.79 Å². The summed E-state index contributed by atoms with van der Waals surface area (Å²) in [6.07, 6.45) is -0.724. The molecule has 7 nitrogen and oxygen atoms in total. The molecule has 1 amide bonds. The van der Waals surface area contributed by atoms with E-state index in [4.69, 9.17) is 19.4 Å². The molecule has 1 aromatic rings. The molecule has 0 aliphatic carbocycles. The molecule has 1 aromatic carbocycles. The highest BCUT2D eigenvalue weighted by molar-refractivity contribution is 5.81. The topological polar surface area (TPSA) is 88.1 Å². The Morgan fingerprint density at radius 3 is 2.39 bits per heavy atom. The number of hydrogen-bond donors (Lipinski definition) is 2. The number of carbonyl (C=O) groups is 2. The summed E-state index contributed by atoms with van der Waals surface area (Å²) in [6, 6.07) is 8.72. The number of carboxylic acid groups (broad SMARTS) is 1. The predicted molar refractivity (Wildman–Crippen MR) is 114 cm³/mol. The first-order chi connectivity index (χ1) is 15.5. The van der Waals surface area contributed by atoms with Gasteiger partial charge in [0.05, 0.1) is 6.04 Å². The number of nitrogens with one attached hydrogen (secondary N) is 1. The number of carbonyl (C=O) groups excluding carboxylic acids is 1. The van der Waals surface area contributed by atoms with Crippen LogP contribution in [0.15, 0.2) is 24.3 Å². The molecule has 4 rings (SSSR count). The zero-order chi connectivity index (χ0) is 24.2. The second-order valence-corrected chi connectivity index (χ2v) is 9.02. The van der Waals surface area contributed by atoms with Crippen molar-refractivity contribution in [3.63, 3.8) is 0 Å². The molecular formula is C23H31F3N2O5. The normalized spacial score (nSPS) is 24.4. The van der Waals surface area contributed by atoms with Crippen molar-refractivity contribution in [3.05, 3.63) is 29.8 Å². The second-order valence-electron chi connectivity index (χ2n) is 9.02. The molecule has 3 aliphatic heterocycles. The molecule has 3 heterocycles. The lowest BCUT2D eigenvalue weighted by Gasteiger charge is -2.47. The smallest absolute Gasteiger partial charge is 0.487 e. The van der Waals surface area contributed by atoms with Gasteiger partial charge in [0.15, 0.2) is 0 Å². The number of likely N-dealkylation sites (tertiary alicyclic amines) is 1. The van der Waals surface area contributed by atoms with E-state index in [1.807, 2.05) is 18.2 Å². The standard InChI is InChI=1S/C21H30N2O3.C2HF3O2/c1-15(2)23-11-9-21(10-12-23)14-17(16-6-3-4-7-18(16)26-21)22-20(24)19-8-5-13-25-19;3-2(4,5)1(6)7/h3-4,6-7,15,17,19H,5,8-14H2,1-2H3,(H,22,24);(H,6,7)/t17?,19-;/m1./s1. The van der Waals surface area contributed by atoms with Crippen LogP contribution in [-0.2, 0) is 14.3 Å². The second kappa shape index (κ2) is 10.3. The Morgan fingerprint density at radius 1 is 1.21 bits per heavy atom. The molecule has 0 radical (unpaired) electrons. The zero-order valence-corrected chi connectivity index (χ0v) is 18.9. The SMILES string of the molecule is CC(C)N1CCC2(CC1)CC(NC(=O)[C@H]1CCCO1)c1ccccc1O2.O=C(O)C(F)(F)F. The van der Waals surface area contributed by atoms with Gasteiger partial charge in [0.25, 0.3) is 0 Å². The average molecular weight is 473 g/mol. The van der Waals surface area contributed by atoms with Crippen LogP contribution in [0.5, 0.6) is 5.75 Å². The number of amides is 1. The van der Waals surface area contributed by atoms with E-state index in [9.17, 15) is 18.0 Å². The lowest BCUT2D eigenvalue weighted by Crippen LogP contribution is -2.53. The highest BCUT2D eigenvalue weighted by Gasteiger charge is 2.44. The van der Waals surface area contributed by atoms with Crippen molar-refractivity contribution in [3.8, 4) is 5.75 Å². The van der Waals surface area contributed by atoms with E-state index in [1.165, 1.54) is 0 Å². The van der Waals surface area contributed by atoms with Gasteiger partial charge >= 0.3 is 12.1 Å². The van der Waals surface area contributed by atoms with Crippen molar-refractivity contribution in [1.29, 1.82) is 0 Å². The van der Waals surface area contributed by atoms with Gasteiger partial charge in [0, 0.05) is 37.7 Å². The highest BCUT2D eigenvalue weighted by Crippen LogP contribution is 2.44. The lowest BCUT2D eigenvalue weighted by atomic mass is 9.80. The molecule has 2 fully saturated rings. The zero-order valence-electron chi connectivity index (χ0n) is 18.9. The molecule has 2 atom stereocenters. The van der Waals surface area contributed by atoms with Crippen LogP contribution >= 0.6 is 0 Å². The van der Waals surface area contributed by atoms with Gasteiger partial charge < -0.3 is 24.8 Å². The molecule has 2 N–H and O–H groups in total. The van der Waals surface area contributed by atoms with Crippen LogP contribution in [0.1, 0.15) is 57.6 Å². The minimum absolute atomic E-state index is 0.00208. The third-order valence-electron chi connectivity index (χ3n) is 6.42. The minimum atomic E-state index is -5.08. The van der Waals surface area contributed by atoms with Crippen molar-refractivity contribution in [1.82, 2.24) is 10.2 Å². The summed E-state index contributed by atoms with van der Waals surface area (Å²) in [5.41, 5.74) is 0.921. The number of fused-ring (bicyclic) bond motifs is 1. The van der Waals surface area contributed by atoms with E-state index in [-0.39, 0.29) is 23.7 Å². The van der Waals surface area contributed by atoms with Crippen molar-refractivity contribution in [2.24, 2.45) is 0 Å². The van der Waals surface area contributed by atoms with E-state index >= 15 is 0 Å². The van der Waals surface area contributed by atoms with Crippen LogP contribution in [0.25, 0.3) is 0 Å². The number of piperidine rings is 1.